The van der Waals surface area contributed by atoms with E-state index in [0.29, 0.717) is 0 Å². The molecule has 1 N–H and O–H groups in total. The van der Waals surface area contributed by atoms with Crippen LogP contribution in [0.25, 0.3) is 0 Å². The van der Waals surface area contributed by atoms with E-state index in [9.17, 15) is 4.79 Å². The molecule has 0 unspecified atom stereocenters. The average Bonchev–Trinajstić information content (AvgIpc) is 2.39. The Kier molecular flexibility index (Phi) is 3.14. The molecule has 1 aromatic rings. The van der Waals surface area contributed by atoms with Crippen LogP contribution in [-0.4, -0.2) is 16.9 Å². The lowest BCUT2D eigenvalue weighted by Crippen LogP contribution is -2.20. The number of aryl methyl sites for hydroxylation is 1. The first kappa shape index (κ1) is 10.7. The number of methoxy groups -OCH3 is 1. The van der Waals surface area contributed by atoms with Crippen molar-refractivity contribution in [1.29, 1.82) is 0 Å². The van der Waals surface area contributed by atoms with Gasteiger partial charge in [0.1, 0.15) is 5.75 Å². The SMILES string of the molecule is COc1ccc2c(c1)NC(=O)[C@@H](I)CC2. The summed E-state index contributed by atoms with van der Waals surface area (Å²) in [6.45, 7) is 0. The van der Waals surface area contributed by atoms with Crippen LogP contribution in [0.15, 0.2) is 18.2 Å². The topological polar surface area (TPSA) is 38.3 Å². The largest absolute Gasteiger partial charge is 0.497 e. The quantitative estimate of drug-likeness (QED) is 0.638. The number of fused-ring (bicyclic) bond motifs is 1. The highest BCUT2D eigenvalue weighted by Gasteiger charge is 2.20. The van der Waals surface area contributed by atoms with Gasteiger partial charge in [-0.3, -0.25) is 4.79 Å². The highest BCUT2D eigenvalue weighted by molar-refractivity contribution is 14.1. The van der Waals surface area contributed by atoms with E-state index >= 15 is 0 Å². The normalized spacial score (nSPS) is 20.1. The first-order valence-electron chi connectivity index (χ1n) is 4.82. The third kappa shape index (κ3) is 2.25. The van der Waals surface area contributed by atoms with E-state index in [-0.39, 0.29) is 9.83 Å². The van der Waals surface area contributed by atoms with Crippen molar-refractivity contribution in [2.24, 2.45) is 0 Å². The predicted molar refractivity (Wildman–Crippen MR) is 67.8 cm³/mol. The molecule has 0 saturated carbocycles. The number of carbonyl (C=O) groups is 1. The Morgan fingerprint density at radius 2 is 2.33 bits per heavy atom. The lowest BCUT2D eigenvalue weighted by Gasteiger charge is -2.08. The van der Waals surface area contributed by atoms with Crippen molar-refractivity contribution in [3.63, 3.8) is 0 Å². The van der Waals surface area contributed by atoms with Crippen LogP contribution in [0.5, 0.6) is 5.75 Å². The van der Waals surface area contributed by atoms with Crippen molar-refractivity contribution in [2.45, 2.75) is 16.8 Å². The van der Waals surface area contributed by atoms with Gasteiger partial charge in [0.15, 0.2) is 0 Å². The Morgan fingerprint density at radius 3 is 3.07 bits per heavy atom. The molecule has 80 valence electrons. The van der Waals surface area contributed by atoms with Crippen molar-refractivity contribution in [3.8, 4) is 5.75 Å². The van der Waals surface area contributed by atoms with Gasteiger partial charge >= 0.3 is 0 Å². The molecule has 1 atom stereocenters. The number of carbonyl (C=O) groups excluding carboxylic acids is 1. The monoisotopic (exact) mass is 317 g/mol. The average molecular weight is 317 g/mol. The summed E-state index contributed by atoms with van der Waals surface area (Å²) in [5.74, 6) is 0.864. The number of ether oxygens (including phenoxy) is 1. The van der Waals surface area contributed by atoms with Gasteiger partial charge in [-0.15, -0.1) is 0 Å². The highest BCUT2D eigenvalue weighted by Crippen LogP contribution is 2.28. The van der Waals surface area contributed by atoms with E-state index in [1.54, 1.807) is 7.11 Å². The molecule has 0 aliphatic carbocycles. The minimum absolute atomic E-state index is 0.0565. The van der Waals surface area contributed by atoms with Crippen LogP contribution >= 0.6 is 22.6 Å². The second kappa shape index (κ2) is 4.38. The third-order valence-corrected chi connectivity index (χ3v) is 3.72. The molecule has 0 bridgehead atoms. The van der Waals surface area contributed by atoms with Gasteiger partial charge < -0.3 is 10.1 Å². The summed E-state index contributed by atoms with van der Waals surface area (Å²) in [5, 5.41) is 2.92. The van der Waals surface area contributed by atoms with Crippen LogP contribution in [0, 0.1) is 0 Å². The lowest BCUT2D eigenvalue weighted by molar-refractivity contribution is -0.115. The zero-order chi connectivity index (χ0) is 10.8. The molecule has 15 heavy (non-hydrogen) atoms. The van der Waals surface area contributed by atoms with Gasteiger partial charge in [-0.25, -0.2) is 0 Å². The molecule has 1 aliphatic rings. The van der Waals surface area contributed by atoms with E-state index in [2.05, 4.69) is 27.9 Å². The summed E-state index contributed by atoms with van der Waals surface area (Å²) in [5.41, 5.74) is 2.07. The smallest absolute Gasteiger partial charge is 0.237 e. The molecular formula is C11H12INO2. The standard InChI is InChI=1S/C11H12INO2/c1-15-8-4-2-7-3-5-9(12)11(14)13-10(7)6-8/h2,4,6,9H,3,5H2,1H3,(H,13,14)/t9-/m0/s1. The zero-order valence-electron chi connectivity index (χ0n) is 8.42. The second-order valence-corrected chi connectivity index (χ2v) is 5.02. The van der Waals surface area contributed by atoms with E-state index in [1.165, 1.54) is 5.56 Å². The molecular weight excluding hydrogens is 305 g/mol. The molecule has 0 aromatic heterocycles. The van der Waals surface area contributed by atoms with Crippen LogP contribution in [0.4, 0.5) is 5.69 Å². The second-order valence-electron chi connectivity index (χ2n) is 3.52. The fourth-order valence-corrected chi connectivity index (χ4v) is 2.11. The summed E-state index contributed by atoms with van der Waals surface area (Å²) in [6, 6.07) is 5.82. The maximum Gasteiger partial charge on any atom is 0.237 e. The van der Waals surface area contributed by atoms with Crippen molar-refractivity contribution in [1.82, 2.24) is 0 Å². The molecule has 1 amide bonds. The van der Waals surface area contributed by atoms with Crippen LogP contribution in [0.1, 0.15) is 12.0 Å². The number of alkyl halides is 1. The molecule has 1 aliphatic heterocycles. The summed E-state index contributed by atoms with van der Waals surface area (Å²) < 4.78 is 5.19. The molecule has 0 saturated heterocycles. The number of amides is 1. The van der Waals surface area contributed by atoms with Gasteiger partial charge in [-0.1, -0.05) is 28.7 Å². The summed E-state index contributed by atoms with van der Waals surface area (Å²) in [7, 11) is 1.63. The number of halogens is 1. The molecule has 3 nitrogen and oxygen atoms in total. The molecule has 0 spiro atoms. The Balaban J connectivity index is 2.35. The van der Waals surface area contributed by atoms with Gasteiger partial charge in [-0.2, -0.15) is 0 Å². The van der Waals surface area contributed by atoms with Crippen LogP contribution in [0.3, 0.4) is 0 Å². The summed E-state index contributed by atoms with van der Waals surface area (Å²) in [6.07, 6.45) is 1.83. The van der Waals surface area contributed by atoms with Crippen molar-refractivity contribution in [2.75, 3.05) is 12.4 Å². The van der Waals surface area contributed by atoms with Crippen molar-refractivity contribution < 1.29 is 9.53 Å². The Hall–Kier alpha value is -0.780. The zero-order valence-corrected chi connectivity index (χ0v) is 10.6. The Labute approximate surface area is 102 Å². The van der Waals surface area contributed by atoms with E-state index in [0.717, 1.165) is 24.3 Å². The number of rotatable bonds is 1. The van der Waals surface area contributed by atoms with Crippen molar-refractivity contribution >= 4 is 34.2 Å². The summed E-state index contributed by atoms with van der Waals surface area (Å²) >= 11 is 2.18. The third-order valence-electron chi connectivity index (χ3n) is 2.53. The molecule has 1 heterocycles. The van der Waals surface area contributed by atoms with Gasteiger partial charge in [0.05, 0.1) is 11.0 Å². The maximum absolute atomic E-state index is 11.6. The van der Waals surface area contributed by atoms with E-state index < -0.39 is 0 Å². The van der Waals surface area contributed by atoms with Gasteiger partial charge in [0.2, 0.25) is 5.91 Å². The fourth-order valence-electron chi connectivity index (χ4n) is 1.64. The molecule has 1 aromatic carbocycles. The van der Waals surface area contributed by atoms with Gasteiger partial charge in [-0.05, 0) is 24.5 Å². The highest BCUT2D eigenvalue weighted by atomic mass is 127. The predicted octanol–water partition coefficient (Wildman–Crippen LogP) is 2.38. The number of anilines is 1. The van der Waals surface area contributed by atoms with Crippen LogP contribution < -0.4 is 10.1 Å². The lowest BCUT2D eigenvalue weighted by atomic mass is 10.1. The Morgan fingerprint density at radius 1 is 1.53 bits per heavy atom. The fraction of sp³-hybridized carbons (Fsp3) is 0.364. The van der Waals surface area contributed by atoms with Gasteiger partial charge in [0.25, 0.3) is 0 Å². The van der Waals surface area contributed by atoms with E-state index in [4.69, 9.17) is 4.74 Å². The Bertz CT molecular complexity index is 392. The molecule has 0 radical (unpaired) electrons. The molecule has 0 fully saturated rings. The molecule has 2 rings (SSSR count). The first-order valence-corrected chi connectivity index (χ1v) is 6.07. The number of hydrogen-bond donors (Lipinski definition) is 1. The minimum Gasteiger partial charge on any atom is -0.497 e. The van der Waals surface area contributed by atoms with Gasteiger partial charge in [0, 0.05) is 11.8 Å². The first-order chi connectivity index (χ1) is 7.20. The number of benzene rings is 1. The van der Waals surface area contributed by atoms with Crippen LogP contribution in [-0.2, 0) is 11.2 Å². The van der Waals surface area contributed by atoms with E-state index in [1.807, 2.05) is 18.2 Å². The van der Waals surface area contributed by atoms with Crippen LogP contribution in [0.2, 0.25) is 0 Å². The number of nitrogens with one attached hydrogen (secondary N) is 1. The number of hydrogen-bond acceptors (Lipinski definition) is 2. The maximum atomic E-state index is 11.6. The summed E-state index contributed by atoms with van der Waals surface area (Å²) in [4.78, 5) is 11.6. The minimum atomic E-state index is 0.0565. The van der Waals surface area contributed by atoms with Crippen molar-refractivity contribution in [3.05, 3.63) is 23.8 Å². The molecule has 4 heteroatoms.